The van der Waals surface area contributed by atoms with Crippen molar-refractivity contribution in [2.45, 2.75) is 0 Å². The highest BCUT2D eigenvalue weighted by Gasteiger charge is 2.15. The van der Waals surface area contributed by atoms with Gasteiger partial charge in [-0.1, -0.05) is 0 Å². The first-order chi connectivity index (χ1) is 9.79. The molecule has 0 unspecified atom stereocenters. The van der Waals surface area contributed by atoms with Crippen molar-refractivity contribution < 1.29 is 23.1 Å². The number of carboxylic acid groups (broad SMARTS) is 1. The Morgan fingerprint density at radius 3 is 2.24 bits per heavy atom. The minimum atomic E-state index is -1.36. The van der Waals surface area contributed by atoms with E-state index in [0.717, 1.165) is 24.3 Å². The van der Waals surface area contributed by atoms with Gasteiger partial charge in [-0.15, -0.1) is 0 Å². The highest BCUT2D eigenvalue weighted by Crippen LogP contribution is 2.29. The van der Waals surface area contributed by atoms with Gasteiger partial charge in [-0.05, 0) is 34.1 Å². The molecule has 0 spiro atoms. The lowest BCUT2D eigenvalue weighted by atomic mass is 10.1. The lowest BCUT2D eigenvalue weighted by molar-refractivity contribution is 0.0698. The number of carboxylic acids is 1. The molecule has 0 amide bonds. The van der Waals surface area contributed by atoms with Crippen molar-refractivity contribution in [1.82, 2.24) is 0 Å². The Balaban J connectivity index is 2.47. The smallest absolute Gasteiger partial charge is 0.337 e. The van der Waals surface area contributed by atoms with Gasteiger partial charge in [0.15, 0.2) is 0 Å². The van der Waals surface area contributed by atoms with E-state index >= 15 is 0 Å². The lowest BCUT2D eigenvalue weighted by Crippen LogP contribution is -2.06. The summed E-state index contributed by atoms with van der Waals surface area (Å²) < 4.78 is 40.7. The fourth-order valence-corrected chi connectivity index (χ4v) is 1.95. The topological polar surface area (TPSA) is 75.3 Å². The number of nitrogens with one attached hydrogen (secondary N) is 1. The van der Waals surface area contributed by atoms with Gasteiger partial charge < -0.3 is 16.2 Å². The number of nitrogens with two attached hydrogens (primary N) is 1. The van der Waals surface area contributed by atoms with Gasteiger partial charge >= 0.3 is 5.97 Å². The molecule has 0 fully saturated rings. The highest BCUT2D eigenvalue weighted by atomic mass is 79.9. The Kier molecular flexibility index (Phi) is 4.08. The minimum absolute atomic E-state index is 0.0884. The van der Waals surface area contributed by atoms with E-state index in [-0.39, 0.29) is 27.1 Å². The van der Waals surface area contributed by atoms with Gasteiger partial charge in [-0.25, -0.2) is 18.0 Å². The fourth-order valence-electron chi connectivity index (χ4n) is 1.63. The van der Waals surface area contributed by atoms with E-state index in [0.29, 0.717) is 0 Å². The molecule has 0 aromatic heterocycles. The van der Waals surface area contributed by atoms with Crippen molar-refractivity contribution in [2.75, 3.05) is 11.1 Å². The Hall–Kier alpha value is -2.22. The maximum Gasteiger partial charge on any atom is 0.337 e. The molecule has 0 saturated carbocycles. The summed E-state index contributed by atoms with van der Waals surface area (Å²) in [6, 6.07) is 3.38. The predicted molar refractivity (Wildman–Crippen MR) is 75.1 cm³/mol. The van der Waals surface area contributed by atoms with Crippen LogP contribution < -0.4 is 11.1 Å². The van der Waals surface area contributed by atoms with Crippen molar-refractivity contribution >= 4 is 39.0 Å². The first-order valence-corrected chi connectivity index (χ1v) is 6.32. The van der Waals surface area contributed by atoms with E-state index in [1.54, 1.807) is 0 Å². The van der Waals surface area contributed by atoms with Crippen molar-refractivity contribution in [1.29, 1.82) is 0 Å². The van der Waals surface area contributed by atoms with Gasteiger partial charge in [0.2, 0.25) is 0 Å². The van der Waals surface area contributed by atoms with Crippen molar-refractivity contribution in [2.24, 2.45) is 0 Å². The van der Waals surface area contributed by atoms with Crippen molar-refractivity contribution in [3.63, 3.8) is 0 Å². The lowest BCUT2D eigenvalue weighted by Gasteiger charge is -2.11. The van der Waals surface area contributed by atoms with Crippen LogP contribution in [-0.4, -0.2) is 11.1 Å². The molecule has 110 valence electrons. The average Bonchev–Trinajstić information content (AvgIpc) is 2.38. The zero-order valence-corrected chi connectivity index (χ0v) is 11.8. The van der Waals surface area contributed by atoms with Gasteiger partial charge in [-0.3, -0.25) is 0 Å². The van der Waals surface area contributed by atoms with Gasteiger partial charge in [0.05, 0.1) is 21.4 Å². The fraction of sp³-hybridized carbons (Fsp3) is 0. The van der Waals surface area contributed by atoms with Crippen LogP contribution in [0.5, 0.6) is 0 Å². The van der Waals surface area contributed by atoms with Crippen LogP contribution in [0.15, 0.2) is 28.7 Å². The normalized spacial score (nSPS) is 10.5. The quantitative estimate of drug-likeness (QED) is 0.573. The molecular formula is C13H8BrF3N2O2. The Labute approximate surface area is 125 Å². The van der Waals surface area contributed by atoms with E-state index in [1.165, 1.54) is 0 Å². The second-order valence-corrected chi connectivity index (χ2v) is 4.95. The summed E-state index contributed by atoms with van der Waals surface area (Å²) in [4.78, 5) is 10.9. The van der Waals surface area contributed by atoms with Gasteiger partial charge in [0, 0.05) is 11.8 Å². The summed E-state index contributed by atoms with van der Waals surface area (Å²) in [7, 11) is 0. The van der Waals surface area contributed by atoms with Crippen molar-refractivity contribution in [3.8, 4) is 0 Å². The Bertz CT molecular complexity index is 738. The molecule has 2 aromatic carbocycles. The molecule has 0 aliphatic carbocycles. The number of hydrogen-bond donors (Lipinski definition) is 3. The van der Waals surface area contributed by atoms with Crippen LogP contribution in [0.4, 0.5) is 30.2 Å². The third-order valence-electron chi connectivity index (χ3n) is 2.65. The summed E-state index contributed by atoms with van der Waals surface area (Å²) in [6.07, 6.45) is 0. The standard InChI is InChI=1S/C13H8BrF3N2O2/c14-6-2-8(16)12(4-7(6)15)19-11-1-5(13(20)21)10(18)3-9(11)17/h1-4,19H,18H2,(H,20,21). The van der Waals surface area contributed by atoms with Gasteiger partial charge in [-0.2, -0.15) is 0 Å². The third kappa shape index (κ3) is 3.10. The largest absolute Gasteiger partial charge is 0.478 e. The van der Waals surface area contributed by atoms with Crippen LogP contribution in [0.25, 0.3) is 0 Å². The second-order valence-electron chi connectivity index (χ2n) is 4.10. The van der Waals surface area contributed by atoms with Gasteiger partial charge in [0.1, 0.15) is 17.5 Å². The van der Waals surface area contributed by atoms with Crippen LogP contribution in [0.1, 0.15) is 10.4 Å². The minimum Gasteiger partial charge on any atom is -0.478 e. The van der Waals surface area contributed by atoms with Crippen LogP contribution in [0, 0.1) is 17.5 Å². The average molecular weight is 361 g/mol. The molecule has 0 aliphatic rings. The van der Waals surface area contributed by atoms with Crippen LogP contribution in [-0.2, 0) is 0 Å². The van der Waals surface area contributed by atoms with Crippen molar-refractivity contribution in [3.05, 3.63) is 51.8 Å². The number of anilines is 3. The summed E-state index contributed by atoms with van der Waals surface area (Å²) in [5, 5.41) is 11.2. The molecule has 2 rings (SSSR count). The van der Waals surface area contributed by atoms with E-state index in [2.05, 4.69) is 21.2 Å². The molecule has 21 heavy (non-hydrogen) atoms. The number of carbonyl (C=O) groups is 1. The maximum absolute atomic E-state index is 13.7. The van der Waals surface area contributed by atoms with Crippen LogP contribution in [0.2, 0.25) is 0 Å². The van der Waals surface area contributed by atoms with Crippen LogP contribution in [0.3, 0.4) is 0 Å². The van der Waals surface area contributed by atoms with Gasteiger partial charge in [0.25, 0.3) is 0 Å². The molecule has 0 atom stereocenters. The summed E-state index contributed by atoms with van der Waals surface area (Å²) >= 11 is 2.81. The predicted octanol–water partition coefficient (Wildman–Crippen LogP) is 3.89. The first-order valence-electron chi connectivity index (χ1n) is 5.53. The molecule has 4 N–H and O–H groups in total. The molecule has 8 heteroatoms. The number of hydrogen-bond acceptors (Lipinski definition) is 3. The van der Waals surface area contributed by atoms with Crippen LogP contribution >= 0.6 is 15.9 Å². The summed E-state index contributed by atoms with van der Waals surface area (Å²) in [6.45, 7) is 0. The molecule has 0 aliphatic heterocycles. The molecule has 0 heterocycles. The number of nitrogen functional groups attached to an aromatic ring is 1. The number of rotatable bonds is 3. The zero-order chi connectivity index (χ0) is 15.7. The molecule has 0 radical (unpaired) electrons. The molecular weight excluding hydrogens is 353 g/mol. The maximum atomic E-state index is 13.7. The van der Waals surface area contributed by atoms with E-state index in [1.807, 2.05) is 0 Å². The van der Waals surface area contributed by atoms with E-state index in [4.69, 9.17) is 10.8 Å². The number of benzene rings is 2. The second kappa shape index (κ2) is 5.65. The SMILES string of the molecule is Nc1cc(F)c(Nc2cc(F)c(Br)cc2F)cc1C(=O)O. The monoisotopic (exact) mass is 360 g/mol. The number of aromatic carboxylic acids is 1. The molecule has 4 nitrogen and oxygen atoms in total. The molecule has 0 bridgehead atoms. The summed E-state index contributed by atoms with van der Waals surface area (Å²) in [5.74, 6) is -3.84. The first kappa shape index (κ1) is 15.2. The number of halogens is 4. The van der Waals surface area contributed by atoms with E-state index in [9.17, 15) is 18.0 Å². The Morgan fingerprint density at radius 1 is 1.05 bits per heavy atom. The third-order valence-corrected chi connectivity index (χ3v) is 3.26. The van der Waals surface area contributed by atoms with E-state index < -0.39 is 23.4 Å². The summed E-state index contributed by atoms with van der Waals surface area (Å²) in [5.41, 5.74) is 4.08. The molecule has 0 saturated heterocycles. The Morgan fingerprint density at radius 2 is 1.62 bits per heavy atom. The molecule has 2 aromatic rings. The highest BCUT2D eigenvalue weighted by molar-refractivity contribution is 9.10. The zero-order valence-electron chi connectivity index (χ0n) is 10.3.